The Kier molecular flexibility index (Phi) is 1.59. The topological polar surface area (TPSA) is 3.24 Å². The molecule has 11 heavy (non-hydrogen) atoms. The SMILES string of the molecule is C=S1c2ccccc2CN1C. The molecule has 0 fully saturated rings. The molecule has 0 spiro atoms. The summed E-state index contributed by atoms with van der Waals surface area (Å²) in [5.41, 5.74) is 1.44. The smallest absolute Gasteiger partial charge is 0.0347 e. The highest BCUT2D eigenvalue weighted by Crippen LogP contribution is 2.38. The van der Waals surface area contributed by atoms with Crippen molar-refractivity contribution < 1.29 is 0 Å². The molecular formula is C9H11NS. The first-order valence-electron chi connectivity index (χ1n) is 3.62. The molecule has 0 N–H and O–H groups in total. The molecule has 58 valence electrons. The Balaban J connectivity index is 2.55. The van der Waals surface area contributed by atoms with Crippen LogP contribution in [0.3, 0.4) is 0 Å². The van der Waals surface area contributed by atoms with Crippen molar-refractivity contribution in [1.82, 2.24) is 4.31 Å². The van der Waals surface area contributed by atoms with Crippen LogP contribution in [0.15, 0.2) is 29.2 Å². The summed E-state index contributed by atoms with van der Waals surface area (Å²) in [6.45, 7) is 1.06. The number of rotatable bonds is 0. The van der Waals surface area contributed by atoms with Gasteiger partial charge in [0.2, 0.25) is 0 Å². The number of nitrogens with zero attached hydrogens (tertiary/aromatic N) is 1. The van der Waals surface area contributed by atoms with Crippen molar-refractivity contribution in [2.75, 3.05) is 7.05 Å². The van der Waals surface area contributed by atoms with E-state index in [1.807, 2.05) is 0 Å². The summed E-state index contributed by atoms with van der Waals surface area (Å²) in [5, 5.41) is 0. The van der Waals surface area contributed by atoms with Crippen molar-refractivity contribution in [1.29, 1.82) is 0 Å². The van der Waals surface area contributed by atoms with Gasteiger partial charge in [-0.05, 0) is 18.7 Å². The zero-order valence-electron chi connectivity index (χ0n) is 6.58. The number of hydrogen-bond acceptors (Lipinski definition) is 1. The van der Waals surface area contributed by atoms with Crippen molar-refractivity contribution in [3.63, 3.8) is 0 Å². The number of benzene rings is 1. The Morgan fingerprint density at radius 1 is 1.45 bits per heavy atom. The molecule has 0 radical (unpaired) electrons. The van der Waals surface area contributed by atoms with Crippen molar-refractivity contribution in [3.8, 4) is 0 Å². The lowest BCUT2D eigenvalue weighted by Crippen LogP contribution is -2.01. The molecule has 1 aromatic rings. The van der Waals surface area contributed by atoms with E-state index in [1.165, 1.54) is 10.5 Å². The highest BCUT2D eigenvalue weighted by Gasteiger charge is 2.16. The summed E-state index contributed by atoms with van der Waals surface area (Å²) in [6.07, 6.45) is 0. The lowest BCUT2D eigenvalue weighted by molar-refractivity contribution is 0.580. The van der Waals surface area contributed by atoms with Gasteiger partial charge in [-0.2, -0.15) is 0 Å². The average Bonchev–Trinajstić information content (AvgIpc) is 2.30. The van der Waals surface area contributed by atoms with Gasteiger partial charge in [0.05, 0.1) is 0 Å². The molecular weight excluding hydrogens is 154 g/mol. The second-order valence-electron chi connectivity index (χ2n) is 2.76. The Morgan fingerprint density at radius 2 is 2.18 bits per heavy atom. The normalized spacial score (nSPS) is 23.5. The highest BCUT2D eigenvalue weighted by molar-refractivity contribution is 8.12. The van der Waals surface area contributed by atoms with E-state index >= 15 is 0 Å². The molecule has 0 bridgehead atoms. The fourth-order valence-corrected chi connectivity index (χ4v) is 2.65. The molecule has 0 saturated carbocycles. The quantitative estimate of drug-likeness (QED) is 0.532. The lowest BCUT2D eigenvalue weighted by Gasteiger charge is -2.08. The van der Waals surface area contributed by atoms with Gasteiger partial charge in [0.1, 0.15) is 0 Å². The molecule has 1 atom stereocenters. The van der Waals surface area contributed by atoms with E-state index in [4.69, 9.17) is 0 Å². The summed E-state index contributed by atoms with van der Waals surface area (Å²) in [4.78, 5) is 1.41. The van der Waals surface area contributed by atoms with Crippen LogP contribution in [0.4, 0.5) is 0 Å². The maximum absolute atomic E-state index is 4.11. The van der Waals surface area contributed by atoms with E-state index in [0.29, 0.717) is 0 Å². The Hall–Kier alpha value is -0.600. The number of hydrogen-bond donors (Lipinski definition) is 0. The summed E-state index contributed by atoms with van der Waals surface area (Å²) in [6, 6.07) is 8.54. The fraction of sp³-hybridized carbons (Fsp3) is 0.222. The predicted molar refractivity (Wildman–Crippen MR) is 50.9 cm³/mol. The first kappa shape index (κ1) is 7.07. The predicted octanol–water partition coefficient (Wildman–Crippen LogP) is 2.11. The second kappa shape index (κ2) is 2.47. The molecule has 0 aromatic heterocycles. The van der Waals surface area contributed by atoms with Gasteiger partial charge in [0.25, 0.3) is 0 Å². The van der Waals surface area contributed by atoms with Gasteiger partial charge < -0.3 is 0 Å². The van der Waals surface area contributed by atoms with E-state index in [1.54, 1.807) is 0 Å². The minimum atomic E-state index is 0.0908. The van der Waals surface area contributed by atoms with Crippen LogP contribution in [0.5, 0.6) is 0 Å². The van der Waals surface area contributed by atoms with Crippen LogP contribution in [0.25, 0.3) is 0 Å². The van der Waals surface area contributed by atoms with Gasteiger partial charge >= 0.3 is 0 Å². The van der Waals surface area contributed by atoms with E-state index in [0.717, 1.165) is 6.54 Å². The zero-order valence-corrected chi connectivity index (χ0v) is 7.40. The van der Waals surface area contributed by atoms with Crippen molar-refractivity contribution in [2.45, 2.75) is 11.4 Å². The zero-order chi connectivity index (χ0) is 7.84. The third kappa shape index (κ3) is 1.03. The van der Waals surface area contributed by atoms with Crippen LogP contribution in [0, 0.1) is 0 Å². The van der Waals surface area contributed by atoms with Gasteiger partial charge in [-0.25, -0.2) is 0 Å². The fourth-order valence-electron chi connectivity index (χ4n) is 1.35. The molecule has 0 amide bonds. The van der Waals surface area contributed by atoms with Crippen molar-refractivity contribution in [2.24, 2.45) is 0 Å². The molecule has 2 rings (SSSR count). The van der Waals surface area contributed by atoms with Crippen LogP contribution in [-0.4, -0.2) is 17.2 Å². The minimum Gasteiger partial charge on any atom is -0.251 e. The molecule has 1 aliphatic heterocycles. The molecule has 0 saturated heterocycles. The summed E-state index contributed by atoms with van der Waals surface area (Å²) in [7, 11) is 2.21. The maximum atomic E-state index is 4.11. The lowest BCUT2D eigenvalue weighted by atomic mass is 10.2. The Labute approximate surface area is 69.7 Å². The Bertz CT molecular complexity index is 306. The van der Waals surface area contributed by atoms with Gasteiger partial charge in [0.15, 0.2) is 0 Å². The van der Waals surface area contributed by atoms with Gasteiger partial charge in [0, 0.05) is 11.4 Å². The Morgan fingerprint density at radius 3 is 2.91 bits per heavy atom. The van der Waals surface area contributed by atoms with E-state index in [9.17, 15) is 0 Å². The van der Waals surface area contributed by atoms with E-state index in [2.05, 4.69) is 41.5 Å². The standard InChI is InChI=1S/C9H11NS/c1-10-7-8-5-3-4-6-9(8)11(10)2/h3-6H,2,7H2,1H3. The van der Waals surface area contributed by atoms with Crippen LogP contribution in [0.2, 0.25) is 0 Å². The van der Waals surface area contributed by atoms with Gasteiger partial charge in [-0.15, -0.1) is 0 Å². The van der Waals surface area contributed by atoms with E-state index < -0.39 is 0 Å². The monoisotopic (exact) mass is 165 g/mol. The third-order valence-corrected chi connectivity index (χ3v) is 3.78. The maximum Gasteiger partial charge on any atom is 0.0347 e. The van der Waals surface area contributed by atoms with Gasteiger partial charge in [-0.3, -0.25) is 4.31 Å². The molecule has 1 unspecified atom stereocenters. The highest BCUT2D eigenvalue weighted by atomic mass is 32.2. The van der Waals surface area contributed by atoms with Crippen LogP contribution < -0.4 is 0 Å². The van der Waals surface area contributed by atoms with Crippen LogP contribution >= 0.6 is 10.7 Å². The molecule has 0 aliphatic carbocycles. The van der Waals surface area contributed by atoms with E-state index in [-0.39, 0.29) is 10.7 Å². The molecule has 1 heterocycles. The van der Waals surface area contributed by atoms with Crippen LogP contribution in [0.1, 0.15) is 5.56 Å². The average molecular weight is 165 g/mol. The van der Waals surface area contributed by atoms with Crippen molar-refractivity contribution >= 4 is 16.5 Å². The van der Waals surface area contributed by atoms with Crippen LogP contribution in [-0.2, 0) is 6.54 Å². The second-order valence-corrected chi connectivity index (χ2v) is 4.55. The molecule has 2 heteroatoms. The summed E-state index contributed by atoms with van der Waals surface area (Å²) < 4.78 is 2.28. The summed E-state index contributed by atoms with van der Waals surface area (Å²) in [5.74, 6) is 4.11. The minimum absolute atomic E-state index is 0.0908. The van der Waals surface area contributed by atoms with Gasteiger partial charge in [-0.1, -0.05) is 34.7 Å². The molecule has 1 nitrogen and oxygen atoms in total. The molecule has 1 aliphatic rings. The largest absolute Gasteiger partial charge is 0.251 e. The first-order valence-corrected chi connectivity index (χ1v) is 4.97. The summed E-state index contributed by atoms with van der Waals surface area (Å²) >= 11 is 0. The molecule has 1 aromatic carbocycles. The third-order valence-electron chi connectivity index (χ3n) is 2.00. The first-order chi connectivity index (χ1) is 5.29. The number of fused-ring (bicyclic) bond motifs is 1. The van der Waals surface area contributed by atoms with Crippen molar-refractivity contribution in [3.05, 3.63) is 29.8 Å².